The lowest BCUT2D eigenvalue weighted by Gasteiger charge is -2.43. The molecule has 3 atom stereocenters. The van der Waals surface area contributed by atoms with Gasteiger partial charge in [0.2, 0.25) is 0 Å². The van der Waals surface area contributed by atoms with E-state index in [9.17, 15) is 24.9 Å². The summed E-state index contributed by atoms with van der Waals surface area (Å²) in [6, 6.07) is 3.99. The van der Waals surface area contributed by atoms with Crippen LogP contribution in [0.3, 0.4) is 0 Å². The molecule has 0 bridgehead atoms. The summed E-state index contributed by atoms with van der Waals surface area (Å²) < 4.78 is 0. The molecular weight excluding hydrogens is 494 g/mol. The predicted octanol–water partition coefficient (Wildman–Crippen LogP) is 4.91. The number of aliphatic hydroxyl groups excluding tert-OH is 2. The summed E-state index contributed by atoms with van der Waals surface area (Å²) in [4.78, 5) is 28.8. The van der Waals surface area contributed by atoms with Crippen molar-refractivity contribution >= 4 is 17.4 Å². The van der Waals surface area contributed by atoms with E-state index in [2.05, 4.69) is 17.1 Å². The van der Waals surface area contributed by atoms with Crippen molar-refractivity contribution < 1.29 is 24.9 Å². The molecule has 8 nitrogen and oxygen atoms in total. The van der Waals surface area contributed by atoms with Crippen LogP contribution in [0.4, 0.5) is 5.69 Å². The molecule has 0 radical (unpaired) electrons. The van der Waals surface area contributed by atoms with Crippen molar-refractivity contribution in [2.75, 3.05) is 25.0 Å². The fourth-order valence-electron chi connectivity index (χ4n) is 7.30. The summed E-state index contributed by atoms with van der Waals surface area (Å²) in [6.45, 7) is 9.10. The largest absolute Gasteiger partial charge is 0.511 e. The SMILES string of the molecule is CCCN1CCC(Nc2ccc3c(c2O)C(=O)C2=C(O)C4/C(=C(/C)CC)C(C(N)=O)=C(O)CC4CC2C3)CC1. The number of benzene rings is 1. The molecule has 5 rings (SSSR count). The van der Waals surface area contributed by atoms with E-state index in [1.807, 2.05) is 26.0 Å². The van der Waals surface area contributed by atoms with Crippen LogP contribution in [-0.2, 0) is 11.2 Å². The number of nitrogens with zero attached hydrogens (tertiary/aromatic N) is 1. The number of hydrogen-bond donors (Lipinski definition) is 5. The van der Waals surface area contributed by atoms with Crippen molar-refractivity contribution in [1.29, 1.82) is 0 Å². The maximum Gasteiger partial charge on any atom is 0.252 e. The van der Waals surface area contributed by atoms with Gasteiger partial charge in [-0.05, 0) is 81.0 Å². The Kier molecular flexibility index (Phi) is 7.51. The van der Waals surface area contributed by atoms with E-state index in [0.29, 0.717) is 36.1 Å². The maximum atomic E-state index is 14.0. The molecule has 3 aliphatic carbocycles. The average Bonchev–Trinajstić information content (AvgIpc) is 2.89. The van der Waals surface area contributed by atoms with Gasteiger partial charge in [0.1, 0.15) is 17.3 Å². The van der Waals surface area contributed by atoms with Crippen LogP contribution in [0.5, 0.6) is 5.75 Å². The highest BCUT2D eigenvalue weighted by Gasteiger charge is 2.48. The first-order valence-corrected chi connectivity index (χ1v) is 14.4. The molecule has 1 amide bonds. The first kappa shape index (κ1) is 27.3. The van der Waals surface area contributed by atoms with Crippen LogP contribution in [0, 0.1) is 17.8 Å². The van der Waals surface area contributed by atoms with Gasteiger partial charge in [-0.1, -0.05) is 25.5 Å². The van der Waals surface area contributed by atoms with E-state index in [1.54, 1.807) is 0 Å². The number of ketones is 1. The van der Waals surface area contributed by atoms with Gasteiger partial charge < -0.3 is 31.3 Å². The highest BCUT2D eigenvalue weighted by Crippen LogP contribution is 2.53. The number of carbonyl (C=O) groups excluding carboxylic acids is 2. The zero-order chi connectivity index (χ0) is 28.0. The van der Waals surface area contributed by atoms with E-state index in [4.69, 9.17) is 5.73 Å². The van der Waals surface area contributed by atoms with Gasteiger partial charge in [0.05, 0.1) is 16.8 Å². The highest BCUT2D eigenvalue weighted by atomic mass is 16.3. The van der Waals surface area contributed by atoms with Crippen LogP contribution >= 0.6 is 0 Å². The number of anilines is 1. The lowest BCUT2D eigenvalue weighted by atomic mass is 9.61. The third-order valence-corrected chi connectivity index (χ3v) is 9.29. The number of carbonyl (C=O) groups is 2. The number of fused-ring (bicyclic) bond motifs is 3. The molecule has 4 aliphatic rings. The molecule has 1 aliphatic heterocycles. The number of aliphatic hydroxyl groups is 2. The summed E-state index contributed by atoms with van der Waals surface area (Å²) in [7, 11) is 0. The van der Waals surface area contributed by atoms with Gasteiger partial charge in [-0.25, -0.2) is 0 Å². The predicted molar refractivity (Wildman–Crippen MR) is 151 cm³/mol. The molecule has 1 fully saturated rings. The van der Waals surface area contributed by atoms with Gasteiger partial charge >= 0.3 is 0 Å². The summed E-state index contributed by atoms with van der Waals surface area (Å²) >= 11 is 0. The monoisotopic (exact) mass is 535 g/mol. The number of aromatic hydroxyl groups is 1. The molecular formula is C31H41N3O5. The number of phenols is 1. The Hall–Kier alpha value is -3.26. The van der Waals surface area contributed by atoms with Crippen LogP contribution in [0.25, 0.3) is 0 Å². The van der Waals surface area contributed by atoms with Gasteiger partial charge in [0, 0.05) is 37.0 Å². The van der Waals surface area contributed by atoms with Crippen molar-refractivity contribution in [3.05, 3.63) is 57.1 Å². The molecule has 1 aromatic rings. The van der Waals surface area contributed by atoms with Crippen LogP contribution < -0.4 is 11.1 Å². The third-order valence-electron chi connectivity index (χ3n) is 9.29. The minimum absolute atomic E-state index is 0.0424. The third kappa shape index (κ3) is 4.73. The Labute approximate surface area is 230 Å². The number of nitrogens with two attached hydrogens (primary N) is 1. The van der Waals surface area contributed by atoms with Gasteiger partial charge in [-0.3, -0.25) is 9.59 Å². The zero-order valence-electron chi connectivity index (χ0n) is 23.2. The smallest absolute Gasteiger partial charge is 0.252 e. The topological polar surface area (TPSA) is 136 Å². The van der Waals surface area contributed by atoms with Crippen LogP contribution in [0.15, 0.2) is 45.9 Å². The molecule has 3 unspecified atom stereocenters. The standard InChI is InChI=1S/C31H41N3O5/c1-4-10-34-11-8-20(9-12-34)33-21-7-6-17-13-18-14-19-15-22(35)27(31(32)39)23(16(3)5-2)24(19)29(37)26(18)30(38)25(17)28(21)36/h6-7,18-20,24,33,35-37H,4-5,8-15H2,1-3H3,(H2,32,39)/b23-16+. The van der Waals surface area contributed by atoms with Crippen LogP contribution in [-0.4, -0.2) is 57.6 Å². The second-order valence-electron chi connectivity index (χ2n) is 11.7. The molecule has 6 N–H and O–H groups in total. The Morgan fingerprint density at radius 1 is 1.13 bits per heavy atom. The lowest BCUT2D eigenvalue weighted by Crippen LogP contribution is -2.40. The summed E-state index contributed by atoms with van der Waals surface area (Å²) in [5.41, 5.74) is 9.00. The number of primary amides is 1. The molecule has 0 spiro atoms. The number of nitrogens with one attached hydrogen (secondary N) is 1. The quantitative estimate of drug-likeness (QED) is 0.327. The van der Waals surface area contributed by atoms with Crippen molar-refractivity contribution in [3.63, 3.8) is 0 Å². The highest BCUT2D eigenvalue weighted by molar-refractivity contribution is 6.14. The summed E-state index contributed by atoms with van der Waals surface area (Å²) in [5.74, 6) is -2.21. The average molecular weight is 536 g/mol. The molecule has 1 heterocycles. The number of allylic oxidation sites excluding steroid dienone is 4. The second kappa shape index (κ2) is 10.7. The fraction of sp³-hybridized carbons (Fsp3) is 0.548. The molecule has 210 valence electrons. The van der Waals surface area contributed by atoms with Crippen molar-refractivity contribution in [3.8, 4) is 5.75 Å². The van der Waals surface area contributed by atoms with Gasteiger partial charge in [-0.2, -0.15) is 0 Å². The normalized spacial score (nSPS) is 27.2. The minimum atomic E-state index is -0.733. The van der Waals surface area contributed by atoms with Crippen molar-refractivity contribution in [2.24, 2.45) is 23.5 Å². The number of hydrogen-bond acceptors (Lipinski definition) is 7. The molecule has 1 aromatic carbocycles. The van der Waals surface area contributed by atoms with Crippen molar-refractivity contribution in [1.82, 2.24) is 4.90 Å². The molecule has 39 heavy (non-hydrogen) atoms. The number of likely N-dealkylation sites (tertiary alicyclic amines) is 1. The zero-order valence-corrected chi connectivity index (χ0v) is 23.2. The number of piperidine rings is 1. The molecule has 1 saturated heterocycles. The Balaban J connectivity index is 1.49. The van der Waals surface area contributed by atoms with Crippen LogP contribution in [0.1, 0.15) is 75.2 Å². The fourth-order valence-corrected chi connectivity index (χ4v) is 7.30. The van der Waals surface area contributed by atoms with Crippen LogP contribution in [0.2, 0.25) is 0 Å². The minimum Gasteiger partial charge on any atom is -0.511 e. The first-order chi connectivity index (χ1) is 18.7. The number of amides is 1. The summed E-state index contributed by atoms with van der Waals surface area (Å²) in [6.07, 6.45) is 5.01. The maximum absolute atomic E-state index is 14.0. The van der Waals surface area contributed by atoms with E-state index in [0.717, 1.165) is 50.0 Å². The number of Topliss-reactive ketones (excluding diaryl/α,β-unsaturated/α-hetero) is 1. The molecule has 0 saturated carbocycles. The van der Waals surface area contributed by atoms with E-state index in [-0.39, 0.29) is 58.5 Å². The van der Waals surface area contributed by atoms with E-state index < -0.39 is 11.8 Å². The van der Waals surface area contributed by atoms with Gasteiger partial charge in [-0.15, -0.1) is 0 Å². The first-order valence-electron chi connectivity index (χ1n) is 14.4. The van der Waals surface area contributed by atoms with Gasteiger partial charge in [0.15, 0.2) is 5.78 Å². The Morgan fingerprint density at radius 3 is 2.49 bits per heavy atom. The van der Waals surface area contributed by atoms with Crippen molar-refractivity contribution in [2.45, 2.75) is 71.8 Å². The molecule has 0 aromatic heterocycles. The number of rotatable bonds is 6. The van der Waals surface area contributed by atoms with Gasteiger partial charge in [0.25, 0.3) is 5.91 Å². The van der Waals surface area contributed by atoms with E-state index in [1.165, 1.54) is 0 Å². The van der Waals surface area contributed by atoms with E-state index >= 15 is 0 Å². The Morgan fingerprint density at radius 2 is 1.85 bits per heavy atom. The number of phenolic OH excluding ortho intramolecular Hbond substituents is 1. The molecule has 8 heteroatoms. The summed E-state index contributed by atoms with van der Waals surface area (Å²) in [5, 5.41) is 37.2. The Bertz CT molecular complexity index is 1290. The lowest BCUT2D eigenvalue weighted by molar-refractivity contribution is -0.114. The second-order valence-corrected chi connectivity index (χ2v) is 11.7.